The van der Waals surface area contributed by atoms with Crippen LogP contribution in [0.15, 0.2) is 64.6 Å². The molecule has 0 saturated carbocycles. The van der Waals surface area contributed by atoms with Gasteiger partial charge in [0.25, 0.3) is 0 Å². The van der Waals surface area contributed by atoms with Crippen LogP contribution in [0.2, 0.25) is 0 Å². The average molecular weight is 493 g/mol. The van der Waals surface area contributed by atoms with E-state index in [1.54, 1.807) is 12.1 Å². The molecule has 4 aromatic rings. The fraction of sp³-hybridized carbons (Fsp3) is 0.200. The predicted octanol–water partition coefficient (Wildman–Crippen LogP) is 5.32. The number of carbonyl (C=O) groups excluding carboxylic acids is 1. The Morgan fingerprint density at radius 1 is 1.06 bits per heavy atom. The number of H-pyrrole nitrogens is 1. The maximum Gasteiger partial charge on any atom is 0.196 e. The van der Waals surface area contributed by atoms with Gasteiger partial charge in [-0.3, -0.25) is 9.89 Å². The molecule has 0 radical (unpaired) electrons. The van der Waals surface area contributed by atoms with Crippen molar-refractivity contribution in [3.8, 4) is 0 Å². The van der Waals surface area contributed by atoms with Gasteiger partial charge in [-0.2, -0.15) is 5.10 Å². The molecule has 1 saturated heterocycles. The first kappa shape index (κ1) is 23.0. The zero-order valence-corrected chi connectivity index (χ0v) is 19.7. The SMILES string of the molecule is Cc1cc(Nc2cc(N3CCC3)nc(Sc3ccc(CC(=O)c4cc(F)ccc4F)cc3)n2)n[nH]1. The zero-order chi connectivity index (χ0) is 24.4. The molecule has 10 heteroatoms. The number of hydrogen-bond acceptors (Lipinski definition) is 7. The highest BCUT2D eigenvalue weighted by Gasteiger charge is 2.19. The van der Waals surface area contributed by atoms with E-state index in [0.29, 0.717) is 22.4 Å². The summed E-state index contributed by atoms with van der Waals surface area (Å²) in [4.78, 5) is 24.8. The molecule has 1 aliphatic rings. The lowest BCUT2D eigenvalue weighted by Crippen LogP contribution is -2.37. The molecule has 2 aromatic heterocycles. The van der Waals surface area contributed by atoms with E-state index in [9.17, 15) is 13.6 Å². The van der Waals surface area contributed by atoms with Crippen LogP contribution in [-0.4, -0.2) is 39.0 Å². The van der Waals surface area contributed by atoms with Crippen LogP contribution in [-0.2, 0) is 6.42 Å². The number of benzene rings is 2. The van der Waals surface area contributed by atoms with Gasteiger partial charge in [0.05, 0.1) is 5.56 Å². The Labute approximate surface area is 205 Å². The highest BCUT2D eigenvalue weighted by Crippen LogP contribution is 2.30. The van der Waals surface area contributed by atoms with Crippen molar-refractivity contribution in [1.29, 1.82) is 0 Å². The van der Waals surface area contributed by atoms with Crippen LogP contribution in [0, 0.1) is 18.6 Å². The number of nitrogens with zero attached hydrogens (tertiary/aromatic N) is 4. The van der Waals surface area contributed by atoms with Crippen molar-refractivity contribution in [3.05, 3.63) is 83.1 Å². The third kappa shape index (κ3) is 5.48. The molecular weight excluding hydrogens is 470 g/mol. The molecular formula is C25H22F2N6OS. The van der Waals surface area contributed by atoms with Gasteiger partial charge < -0.3 is 10.2 Å². The molecule has 0 atom stereocenters. The molecule has 35 heavy (non-hydrogen) atoms. The molecule has 0 bridgehead atoms. The second-order valence-corrected chi connectivity index (χ2v) is 9.31. The number of Topliss-reactive ketones (excluding diaryl/α,β-unsaturated/α-hetero) is 1. The third-order valence-corrected chi connectivity index (χ3v) is 6.43. The highest BCUT2D eigenvalue weighted by atomic mass is 32.2. The molecule has 2 aromatic carbocycles. The Morgan fingerprint density at radius 2 is 1.86 bits per heavy atom. The summed E-state index contributed by atoms with van der Waals surface area (Å²) in [7, 11) is 0. The number of halogens is 2. The van der Waals surface area contributed by atoms with E-state index < -0.39 is 17.4 Å². The summed E-state index contributed by atoms with van der Waals surface area (Å²) in [6.45, 7) is 3.84. The number of ketones is 1. The van der Waals surface area contributed by atoms with E-state index in [2.05, 4.69) is 25.4 Å². The minimum Gasteiger partial charge on any atom is -0.356 e. The summed E-state index contributed by atoms with van der Waals surface area (Å²) in [5.74, 6) is 0.335. The number of aromatic nitrogens is 4. The van der Waals surface area contributed by atoms with Crippen molar-refractivity contribution in [2.75, 3.05) is 23.3 Å². The van der Waals surface area contributed by atoms with Crippen LogP contribution in [0.25, 0.3) is 0 Å². The van der Waals surface area contributed by atoms with Gasteiger partial charge in [-0.15, -0.1) is 0 Å². The molecule has 1 fully saturated rings. The molecule has 178 valence electrons. The third-order valence-electron chi connectivity index (χ3n) is 5.56. The Morgan fingerprint density at radius 3 is 2.54 bits per heavy atom. The molecule has 5 rings (SSSR count). The van der Waals surface area contributed by atoms with Crippen LogP contribution in [0.5, 0.6) is 0 Å². The van der Waals surface area contributed by atoms with Gasteiger partial charge >= 0.3 is 0 Å². The Bertz CT molecular complexity index is 1370. The summed E-state index contributed by atoms with van der Waals surface area (Å²) in [5, 5.41) is 10.9. The van der Waals surface area contributed by atoms with Crippen LogP contribution >= 0.6 is 11.8 Å². The van der Waals surface area contributed by atoms with Gasteiger partial charge in [-0.05, 0) is 61.0 Å². The minimum atomic E-state index is -0.725. The predicted molar refractivity (Wildman–Crippen MR) is 130 cm³/mol. The van der Waals surface area contributed by atoms with E-state index >= 15 is 0 Å². The summed E-state index contributed by atoms with van der Waals surface area (Å²) < 4.78 is 27.3. The van der Waals surface area contributed by atoms with Gasteiger partial charge in [-0.25, -0.2) is 18.7 Å². The van der Waals surface area contributed by atoms with Gasteiger partial charge in [-0.1, -0.05) is 12.1 Å². The normalized spacial score (nSPS) is 12.9. The van der Waals surface area contributed by atoms with Crippen LogP contribution in [0.3, 0.4) is 0 Å². The summed E-state index contributed by atoms with van der Waals surface area (Å²) in [6, 6.07) is 14.0. The highest BCUT2D eigenvalue weighted by molar-refractivity contribution is 7.99. The monoisotopic (exact) mass is 492 g/mol. The number of hydrogen-bond donors (Lipinski definition) is 2. The van der Waals surface area contributed by atoms with Crippen LogP contribution < -0.4 is 10.2 Å². The number of carbonyl (C=O) groups is 1. The quantitative estimate of drug-likeness (QED) is 0.254. The van der Waals surface area contributed by atoms with Gasteiger partial charge in [0, 0.05) is 42.2 Å². The van der Waals surface area contributed by atoms with Gasteiger partial charge in [0.15, 0.2) is 16.8 Å². The van der Waals surface area contributed by atoms with Crippen LogP contribution in [0.4, 0.5) is 26.2 Å². The van der Waals surface area contributed by atoms with Crippen molar-refractivity contribution < 1.29 is 13.6 Å². The van der Waals surface area contributed by atoms with E-state index in [-0.39, 0.29) is 12.0 Å². The van der Waals surface area contributed by atoms with Gasteiger partial charge in [0.2, 0.25) is 0 Å². The van der Waals surface area contributed by atoms with Gasteiger partial charge in [0.1, 0.15) is 23.3 Å². The summed E-state index contributed by atoms with van der Waals surface area (Å²) in [6.07, 6.45) is 1.11. The topological polar surface area (TPSA) is 86.8 Å². The lowest BCUT2D eigenvalue weighted by Gasteiger charge is -2.32. The number of anilines is 3. The largest absolute Gasteiger partial charge is 0.356 e. The Hall–Kier alpha value is -3.79. The smallest absolute Gasteiger partial charge is 0.196 e. The van der Waals surface area contributed by atoms with E-state index in [0.717, 1.165) is 54.1 Å². The molecule has 0 unspecified atom stereocenters. The van der Waals surface area contributed by atoms with Crippen molar-refractivity contribution in [2.24, 2.45) is 0 Å². The Kier molecular flexibility index (Phi) is 6.45. The summed E-state index contributed by atoms with van der Waals surface area (Å²) in [5.41, 5.74) is 1.40. The second-order valence-electron chi connectivity index (χ2n) is 8.27. The Balaban J connectivity index is 1.31. The molecule has 3 heterocycles. The first-order valence-corrected chi connectivity index (χ1v) is 11.9. The van der Waals surface area contributed by atoms with Crippen molar-refractivity contribution in [2.45, 2.75) is 29.8 Å². The molecule has 7 nitrogen and oxygen atoms in total. The molecule has 0 amide bonds. The van der Waals surface area contributed by atoms with E-state index in [1.807, 2.05) is 31.2 Å². The first-order valence-electron chi connectivity index (χ1n) is 11.1. The maximum absolute atomic E-state index is 13.9. The molecule has 0 aliphatic carbocycles. The fourth-order valence-electron chi connectivity index (χ4n) is 3.62. The number of nitrogens with one attached hydrogen (secondary N) is 2. The lowest BCUT2D eigenvalue weighted by molar-refractivity contribution is 0.0988. The average Bonchev–Trinajstić information content (AvgIpc) is 3.20. The van der Waals surface area contributed by atoms with Crippen molar-refractivity contribution >= 4 is 35.0 Å². The van der Waals surface area contributed by atoms with E-state index in [4.69, 9.17) is 4.98 Å². The van der Waals surface area contributed by atoms with E-state index in [1.165, 1.54) is 11.8 Å². The fourth-order valence-corrected chi connectivity index (χ4v) is 4.38. The zero-order valence-electron chi connectivity index (χ0n) is 18.9. The molecule has 1 aliphatic heterocycles. The lowest BCUT2D eigenvalue weighted by atomic mass is 10.0. The molecule has 0 spiro atoms. The summed E-state index contributed by atoms with van der Waals surface area (Å²) >= 11 is 1.40. The maximum atomic E-state index is 13.9. The standard InChI is InChI=1S/C25H22F2N6OS/c1-15-11-23(32-31-15)28-22-14-24(33-9-2-10-33)30-25(29-22)35-18-6-3-16(4-7-18)12-21(34)19-13-17(26)5-8-20(19)27/h3-8,11,13-14H,2,9-10,12H2,1H3,(H2,28,29,30,31,32). The van der Waals surface area contributed by atoms with Crippen LogP contribution in [0.1, 0.15) is 28.0 Å². The molecule has 2 N–H and O–H groups in total. The van der Waals surface area contributed by atoms with Crippen molar-refractivity contribution in [1.82, 2.24) is 20.2 Å². The minimum absolute atomic E-state index is 0.0244. The first-order chi connectivity index (χ1) is 16.9. The number of aryl methyl sites for hydroxylation is 1. The number of aromatic amines is 1. The van der Waals surface area contributed by atoms with Crippen molar-refractivity contribution in [3.63, 3.8) is 0 Å². The second kappa shape index (κ2) is 9.83. The number of rotatable bonds is 8.